The minimum absolute atomic E-state index is 0.899. The molecular formula is C66H42N2O2. The molecule has 70 heavy (non-hydrogen) atoms. The normalized spacial score (nSPS) is 11.7. The average Bonchev–Trinajstić information content (AvgIpc) is 4.01. The molecule has 12 aromatic carbocycles. The molecule has 0 aliphatic carbocycles. The highest BCUT2D eigenvalue weighted by atomic mass is 16.3. The second kappa shape index (κ2) is 16.2. The molecule has 0 atom stereocenters. The van der Waals surface area contributed by atoms with Gasteiger partial charge in [-0.1, -0.05) is 182 Å². The standard InChI is InChI=1S/C66H42N2O2/c1-3-17-45(18-4-1)67(47-37-33-43(34-38-47)49-27-15-29-57-55-25-11-13-31-63(55)69-65(49)57)61-41-59-52-22-8-10-24-54(52)62(42-60(59)51-21-7-9-23-53(51)61)68(46-19-5-2-6-20-46)48-39-35-44(36-40-48)50-28-16-30-58-56-26-12-14-32-64(56)70-66(50)58/h1-42H. The van der Waals surface area contributed by atoms with Gasteiger partial charge in [-0.05, 0) is 105 Å². The van der Waals surface area contributed by atoms with E-state index < -0.39 is 0 Å². The van der Waals surface area contributed by atoms with E-state index in [9.17, 15) is 0 Å². The second-order valence-electron chi connectivity index (χ2n) is 18.0. The molecule has 0 bridgehead atoms. The van der Waals surface area contributed by atoms with Gasteiger partial charge in [0.2, 0.25) is 0 Å². The van der Waals surface area contributed by atoms with Crippen molar-refractivity contribution in [3.63, 3.8) is 0 Å². The lowest BCUT2D eigenvalue weighted by Gasteiger charge is -2.30. The minimum atomic E-state index is 0.899. The summed E-state index contributed by atoms with van der Waals surface area (Å²) in [5.41, 5.74) is 14.5. The van der Waals surface area contributed by atoms with Crippen LogP contribution in [0.3, 0.4) is 0 Å². The van der Waals surface area contributed by atoms with E-state index in [2.05, 4.69) is 240 Å². The molecule has 14 rings (SSSR count). The fourth-order valence-electron chi connectivity index (χ4n) is 10.8. The molecule has 0 unspecified atom stereocenters. The van der Waals surface area contributed by atoms with Gasteiger partial charge in [0.1, 0.15) is 22.3 Å². The quantitative estimate of drug-likeness (QED) is 0.142. The first-order valence-corrected chi connectivity index (χ1v) is 23.8. The number of fused-ring (bicyclic) bond motifs is 11. The molecule has 2 aromatic heterocycles. The summed E-state index contributed by atoms with van der Waals surface area (Å²) >= 11 is 0. The van der Waals surface area contributed by atoms with Crippen molar-refractivity contribution in [2.45, 2.75) is 0 Å². The fraction of sp³-hybridized carbons (Fsp3) is 0. The van der Waals surface area contributed by atoms with E-state index in [1.54, 1.807) is 0 Å². The Labute approximate surface area is 404 Å². The van der Waals surface area contributed by atoms with Crippen molar-refractivity contribution in [3.05, 3.63) is 255 Å². The Bertz CT molecular complexity index is 4010. The van der Waals surface area contributed by atoms with Gasteiger partial charge >= 0.3 is 0 Å². The van der Waals surface area contributed by atoms with E-state index in [4.69, 9.17) is 8.83 Å². The Kier molecular flexibility index (Phi) is 9.17. The molecule has 0 spiro atoms. The Balaban J connectivity index is 0.931. The molecule has 4 heteroatoms. The summed E-state index contributed by atoms with van der Waals surface area (Å²) in [6.45, 7) is 0. The first-order chi connectivity index (χ1) is 34.7. The number of furan rings is 2. The summed E-state index contributed by atoms with van der Waals surface area (Å²) in [6.07, 6.45) is 0. The van der Waals surface area contributed by atoms with Crippen LogP contribution in [0.1, 0.15) is 0 Å². The van der Waals surface area contributed by atoms with Crippen LogP contribution in [0, 0.1) is 0 Å². The smallest absolute Gasteiger partial charge is 0.143 e. The largest absolute Gasteiger partial charge is 0.455 e. The lowest BCUT2D eigenvalue weighted by atomic mass is 9.93. The summed E-state index contributed by atoms with van der Waals surface area (Å²) < 4.78 is 13.0. The predicted molar refractivity (Wildman–Crippen MR) is 294 cm³/mol. The monoisotopic (exact) mass is 894 g/mol. The summed E-state index contributed by atoms with van der Waals surface area (Å²) in [5.74, 6) is 0. The van der Waals surface area contributed by atoms with Gasteiger partial charge < -0.3 is 18.6 Å². The third-order valence-electron chi connectivity index (χ3n) is 14.0. The first kappa shape index (κ1) is 39.8. The number of nitrogens with zero attached hydrogens (tertiary/aromatic N) is 2. The molecule has 0 saturated heterocycles. The maximum absolute atomic E-state index is 6.48. The van der Waals surface area contributed by atoms with Crippen molar-refractivity contribution >= 4 is 110 Å². The highest BCUT2D eigenvalue weighted by molar-refractivity contribution is 6.25. The van der Waals surface area contributed by atoms with Crippen LogP contribution in [0.15, 0.2) is 264 Å². The summed E-state index contributed by atoms with van der Waals surface area (Å²) in [4.78, 5) is 4.80. The van der Waals surface area contributed by atoms with E-state index >= 15 is 0 Å². The van der Waals surface area contributed by atoms with Gasteiger partial charge in [-0.15, -0.1) is 0 Å². The van der Waals surface area contributed by atoms with Crippen molar-refractivity contribution in [1.29, 1.82) is 0 Å². The minimum Gasteiger partial charge on any atom is -0.455 e. The number of hydrogen-bond donors (Lipinski definition) is 0. The zero-order chi connectivity index (χ0) is 46.1. The van der Waals surface area contributed by atoms with Gasteiger partial charge in [0, 0.05) is 66.2 Å². The predicted octanol–water partition coefficient (Wildman–Crippen LogP) is 19.2. The van der Waals surface area contributed by atoms with Crippen LogP contribution in [0.2, 0.25) is 0 Å². The van der Waals surface area contributed by atoms with Crippen LogP contribution in [0.5, 0.6) is 0 Å². The van der Waals surface area contributed by atoms with Gasteiger partial charge in [0.15, 0.2) is 0 Å². The van der Waals surface area contributed by atoms with Gasteiger partial charge in [-0.3, -0.25) is 0 Å². The maximum Gasteiger partial charge on any atom is 0.143 e. The Hall–Kier alpha value is -9.38. The van der Waals surface area contributed by atoms with Crippen molar-refractivity contribution in [3.8, 4) is 22.3 Å². The zero-order valence-corrected chi connectivity index (χ0v) is 38.0. The maximum atomic E-state index is 6.48. The number of rotatable bonds is 8. The summed E-state index contributed by atoms with van der Waals surface area (Å²) in [5, 5.41) is 11.6. The third-order valence-corrected chi connectivity index (χ3v) is 14.0. The molecular weight excluding hydrogens is 853 g/mol. The molecule has 14 aromatic rings. The van der Waals surface area contributed by atoms with Crippen LogP contribution in [-0.4, -0.2) is 0 Å². The highest BCUT2D eigenvalue weighted by Crippen LogP contribution is 2.48. The molecule has 0 aliphatic rings. The number of benzene rings is 12. The molecule has 328 valence electrons. The third kappa shape index (κ3) is 6.38. The van der Waals surface area contributed by atoms with E-state index in [-0.39, 0.29) is 0 Å². The highest BCUT2D eigenvalue weighted by Gasteiger charge is 2.23. The van der Waals surface area contributed by atoms with Gasteiger partial charge in [-0.25, -0.2) is 0 Å². The van der Waals surface area contributed by atoms with E-state index in [1.807, 2.05) is 24.3 Å². The van der Waals surface area contributed by atoms with Crippen LogP contribution < -0.4 is 9.80 Å². The zero-order valence-electron chi connectivity index (χ0n) is 38.0. The summed E-state index contributed by atoms with van der Waals surface area (Å²) in [6, 6.07) is 91.2. The van der Waals surface area contributed by atoms with Crippen LogP contribution >= 0.6 is 0 Å². The molecule has 4 nitrogen and oxygen atoms in total. The van der Waals surface area contributed by atoms with Gasteiger partial charge in [0.05, 0.1) is 11.4 Å². The first-order valence-electron chi connectivity index (χ1n) is 23.8. The van der Waals surface area contributed by atoms with Crippen LogP contribution in [0.25, 0.3) is 98.4 Å². The molecule has 0 fully saturated rings. The van der Waals surface area contributed by atoms with E-state index in [0.717, 1.165) is 111 Å². The topological polar surface area (TPSA) is 32.8 Å². The van der Waals surface area contributed by atoms with E-state index in [0.29, 0.717) is 0 Å². The second-order valence-corrected chi connectivity index (χ2v) is 18.0. The summed E-state index contributed by atoms with van der Waals surface area (Å²) in [7, 11) is 0. The number of anilines is 6. The fourth-order valence-corrected chi connectivity index (χ4v) is 10.8. The average molecular weight is 895 g/mol. The Morgan fingerprint density at radius 2 is 0.557 bits per heavy atom. The Morgan fingerprint density at radius 1 is 0.229 bits per heavy atom. The lowest BCUT2D eigenvalue weighted by molar-refractivity contribution is 0.669. The van der Waals surface area contributed by atoms with Crippen molar-refractivity contribution in [2.75, 3.05) is 9.80 Å². The SMILES string of the molecule is c1ccc(N(c2ccc(-c3cccc4c3oc3ccccc34)cc2)c2cc3c4ccccc4c(N(c4ccccc4)c4ccc(-c5cccc6c5oc5ccccc56)cc4)cc3c3ccccc23)cc1. The lowest BCUT2D eigenvalue weighted by Crippen LogP contribution is -2.12. The van der Waals surface area contributed by atoms with Crippen molar-refractivity contribution in [1.82, 2.24) is 0 Å². The number of hydrogen-bond acceptors (Lipinski definition) is 4. The number of para-hydroxylation sites is 6. The molecule has 0 aliphatic heterocycles. The molecule has 2 heterocycles. The van der Waals surface area contributed by atoms with E-state index in [1.165, 1.54) is 21.5 Å². The molecule has 0 amide bonds. The van der Waals surface area contributed by atoms with Gasteiger partial charge in [0.25, 0.3) is 0 Å². The van der Waals surface area contributed by atoms with Gasteiger partial charge in [-0.2, -0.15) is 0 Å². The molecule has 0 N–H and O–H groups in total. The van der Waals surface area contributed by atoms with Crippen LogP contribution in [-0.2, 0) is 0 Å². The van der Waals surface area contributed by atoms with Crippen molar-refractivity contribution in [2.24, 2.45) is 0 Å². The van der Waals surface area contributed by atoms with Crippen LogP contribution in [0.4, 0.5) is 34.1 Å². The van der Waals surface area contributed by atoms with Crippen molar-refractivity contribution < 1.29 is 8.83 Å². The molecule has 0 saturated carbocycles. The Morgan fingerprint density at radius 3 is 0.971 bits per heavy atom. The molecule has 0 radical (unpaired) electrons.